The first-order valence-electron chi connectivity index (χ1n) is 13.8. The van der Waals surface area contributed by atoms with Crippen LogP contribution in [0.5, 0.6) is 23.0 Å². The topological polar surface area (TPSA) is 87.4 Å². The van der Waals surface area contributed by atoms with E-state index >= 15 is 0 Å². The molecule has 3 aromatic carbocycles. The van der Waals surface area contributed by atoms with E-state index in [0.29, 0.717) is 52.1 Å². The summed E-state index contributed by atoms with van der Waals surface area (Å²) < 4.78 is 28.9. The summed E-state index contributed by atoms with van der Waals surface area (Å²) in [6.45, 7) is 9.14. The Morgan fingerprint density at radius 1 is 0.951 bits per heavy atom. The van der Waals surface area contributed by atoms with Crippen molar-refractivity contribution in [3.63, 3.8) is 0 Å². The second-order valence-corrected chi connectivity index (χ2v) is 11.1. The maximum atomic E-state index is 14.1. The highest BCUT2D eigenvalue weighted by atomic mass is 16.7. The van der Waals surface area contributed by atoms with Gasteiger partial charge in [-0.15, -0.1) is 0 Å². The zero-order valence-electron chi connectivity index (χ0n) is 23.9. The lowest BCUT2D eigenvalue weighted by Gasteiger charge is -2.26. The predicted molar refractivity (Wildman–Crippen MR) is 154 cm³/mol. The highest BCUT2D eigenvalue weighted by Gasteiger charge is 2.43. The van der Waals surface area contributed by atoms with Gasteiger partial charge in [0.05, 0.1) is 30.7 Å². The first kappa shape index (κ1) is 26.7. The van der Waals surface area contributed by atoms with Crippen LogP contribution in [0.1, 0.15) is 64.7 Å². The molecule has 0 spiro atoms. The third kappa shape index (κ3) is 4.77. The number of rotatable bonds is 8. The lowest BCUT2D eigenvalue weighted by Crippen LogP contribution is -2.29. The maximum absolute atomic E-state index is 14.1. The number of methoxy groups -OCH3 is 1. The number of hydrogen-bond acceptors (Lipinski definition) is 7. The van der Waals surface area contributed by atoms with Crippen molar-refractivity contribution in [3.8, 4) is 23.0 Å². The SMILES string of the molecule is COc1cc(C2c3c(oc4cc(C)c(C)cc4c3=O)C(=O)N2Cc2ccc3c(c2)OCO3)ccc1OCCC(C)C. The molecule has 6 rings (SSSR count). The Morgan fingerprint density at radius 3 is 2.51 bits per heavy atom. The largest absolute Gasteiger partial charge is 0.493 e. The summed E-state index contributed by atoms with van der Waals surface area (Å²) in [4.78, 5) is 29.7. The van der Waals surface area contributed by atoms with Gasteiger partial charge in [-0.1, -0.05) is 26.0 Å². The Morgan fingerprint density at radius 2 is 1.73 bits per heavy atom. The van der Waals surface area contributed by atoms with Crippen LogP contribution in [0.25, 0.3) is 11.0 Å². The van der Waals surface area contributed by atoms with Gasteiger partial charge in [0.15, 0.2) is 28.4 Å². The van der Waals surface area contributed by atoms with Crippen molar-refractivity contribution in [2.75, 3.05) is 20.5 Å². The van der Waals surface area contributed by atoms with E-state index in [4.69, 9.17) is 23.4 Å². The predicted octanol–water partition coefficient (Wildman–Crippen LogP) is 6.32. The molecule has 2 aliphatic rings. The van der Waals surface area contributed by atoms with Crippen LogP contribution in [-0.2, 0) is 6.54 Å². The molecular formula is C33H33NO7. The van der Waals surface area contributed by atoms with Crippen molar-refractivity contribution in [1.82, 2.24) is 4.90 Å². The lowest BCUT2D eigenvalue weighted by molar-refractivity contribution is 0.0714. The van der Waals surface area contributed by atoms with E-state index in [9.17, 15) is 9.59 Å². The molecule has 0 radical (unpaired) electrons. The molecule has 0 N–H and O–H groups in total. The van der Waals surface area contributed by atoms with Gasteiger partial charge in [-0.3, -0.25) is 9.59 Å². The van der Waals surface area contributed by atoms with E-state index in [1.54, 1.807) is 12.0 Å². The average molecular weight is 556 g/mol. The van der Waals surface area contributed by atoms with Gasteiger partial charge in [-0.05, 0) is 84.8 Å². The Bertz CT molecular complexity index is 1720. The third-order valence-corrected chi connectivity index (χ3v) is 7.83. The summed E-state index contributed by atoms with van der Waals surface area (Å²) in [6, 6.07) is 14.1. The molecule has 8 nitrogen and oxygen atoms in total. The van der Waals surface area contributed by atoms with E-state index in [2.05, 4.69) is 13.8 Å². The summed E-state index contributed by atoms with van der Waals surface area (Å²) in [5.74, 6) is 2.65. The Hall–Kier alpha value is -4.46. The van der Waals surface area contributed by atoms with Crippen molar-refractivity contribution in [2.45, 2.75) is 46.7 Å². The number of ether oxygens (including phenoxy) is 4. The lowest BCUT2D eigenvalue weighted by atomic mass is 9.97. The Kier molecular flexibility index (Phi) is 6.85. The molecule has 8 heteroatoms. The molecule has 0 aliphatic carbocycles. The number of benzene rings is 3. The van der Waals surface area contributed by atoms with Gasteiger partial charge in [-0.2, -0.15) is 0 Å². The minimum Gasteiger partial charge on any atom is -0.493 e. The average Bonchev–Trinajstić information content (AvgIpc) is 3.52. The van der Waals surface area contributed by atoms with Crippen LogP contribution >= 0.6 is 0 Å². The number of hydrogen-bond donors (Lipinski definition) is 0. The van der Waals surface area contributed by atoms with E-state index in [-0.39, 0.29) is 30.4 Å². The van der Waals surface area contributed by atoms with E-state index in [1.807, 2.05) is 62.4 Å². The van der Waals surface area contributed by atoms with Crippen molar-refractivity contribution < 1.29 is 28.2 Å². The van der Waals surface area contributed by atoms with E-state index < -0.39 is 6.04 Å². The molecule has 0 saturated heterocycles. The molecule has 212 valence electrons. The molecule has 1 aromatic heterocycles. The second kappa shape index (κ2) is 10.5. The molecule has 41 heavy (non-hydrogen) atoms. The van der Waals surface area contributed by atoms with E-state index in [1.165, 1.54) is 0 Å². The van der Waals surface area contributed by atoms with Crippen LogP contribution in [-0.4, -0.2) is 31.3 Å². The summed E-state index contributed by atoms with van der Waals surface area (Å²) in [7, 11) is 1.58. The van der Waals surface area contributed by atoms with Crippen LogP contribution in [0.15, 0.2) is 57.7 Å². The second-order valence-electron chi connectivity index (χ2n) is 11.1. The van der Waals surface area contributed by atoms with Crippen molar-refractivity contribution in [1.29, 1.82) is 0 Å². The number of amides is 1. The summed E-state index contributed by atoms with van der Waals surface area (Å²) in [5.41, 5.74) is 4.03. The first-order valence-corrected chi connectivity index (χ1v) is 13.8. The molecule has 2 aliphatic heterocycles. The zero-order valence-corrected chi connectivity index (χ0v) is 23.9. The van der Waals surface area contributed by atoms with Gasteiger partial charge >= 0.3 is 0 Å². The monoisotopic (exact) mass is 555 g/mol. The van der Waals surface area contributed by atoms with Crippen molar-refractivity contribution >= 4 is 16.9 Å². The quantitative estimate of drug-likeness (QED) is 0.252. The Balaban J connectivity index is 1.47. The molecule has 0 saturated carbocycles. The summed E-state index contributed by atoms with van der Waals surface area (Å²) in [5, 5.41) is 0.454. The molecule has 1 atom stereocenters. The van der Waals surface area contributed by atoms with Gasteiger partial charge in [0.25, 0.3) is 5.91 Å². The van der Waals surface area contributed by atoms with Crippen molar-refractivity contribution in [2.24, 2.45) is 5.92 Å². The normalized spacial score (nSPS) is 15.6. The maximum Gasteiger partial charge on any atom is 0.291 e. The molecule has 1 unspecified atom stereocenters. The fourth-order valence-corrected chi connectivity index (χ4v) is 5.40. The van der Waals surface area contributed by atoms with Crippen LogP contribution in [0.4, 0.5) is 0 Å². The fraction of sp³-hybridized carbons (Fsp3) is 0.333. The molecule has 1 amide bonds. The smallest absolute Gasteiger partial charge is 0.291 e. The Labute approximate surface area is 238 Å². The number of nitrogens with zero attached hydrogens (tertiary/aromatic N) is 1. The van der Waals surface area contributed by atoms with Gasteiger partial charge in [0.1, 0.15) is 5.58 Å². The molecule has 3 heterocycles. The summed E-state index contributed by atoms with van der Waals surface area (Å²) in [6.07, 6.45) is 0.908. The highest BCUT2D eigenvalue weighted by Crippen LogP contribution is 2.43. The minimum absolute atomic E-state index is 0.0627. The number of carbonyl (C=O) groups excluding carboxylic acids is 1. The minimum atomic E-state index is -0.691. The van der Waals surface area contributed by atoms with Crippen LogP contribution in [0.3, 0.4) is 0 Å². The third-order valence-electron chi connectivity index (χ3n) is 7.83. The van der Waals surface area contributed by atoms with Gasteiger partial charge < -0.3 is 28.3 Å². The number of carbonyl (C=O) groups is 1. The number of fused-ring (bicyclic) bond motifs is 3. The highest BCUT2D eigenvalue weighted by molar-refractivity contribution is 5.99. The summed E-state index contributed by atoms with van der Waals surface area (Å²) >= 11 is 0. The number of aryl methyl sites for hydroxylation is 2. The first-order chi connectivity index (χ1) is 19.7. The van der Waals surface area contributed by atoms with Gasteiger partial charge in [-0.25, -0.2) is 0 Å². The molecule has 0 bridgehead atoms. The standard InChI is InChI=1S/C33H33NO7/c1-18(2)10-11-38-24-9-7-22(15-27(24)37-5)30-29-31(35)23-12-19(3)20(4)13-26(23)41-32(29)33(36)34(30)16-21-6-8-25-28(14-21)40-17-39-25/h6-9,12-15,18,30H,10-11,16-17H2,1-5H3. The fourth-order valence-electron chi connectivity index (χ4n) is 5.40. The van der Waals surface area contributed by atoms with Crippen LogP contribution in [0.2, 0.25) is 0 Å². The zero-order chi connectivity index (χ0) is 28.8. The molecule has 0 fully saturated rings. The van der Waals surface area contributed by atoms with Gasteiger partial charge in [0, 0.05) is 6.54 Å². The van der Waals surface area contributed by atoms with Crippen molar-refractivity contribution in [3.05, 3.63) is 92.3 Å². The van der Waals surface area contributed by atoms with Gasteiger partial charge in [0.2, 0.25) is 12.6 Å². The van der Waals surface area contributed by atoms with Crippen LogP contribution < -0.4 is 24.4 Å². The van der Waals surface area contributed by atoms with E-state index in [0.717, 1.165) is 28.7 Å². The van der Waals surface area contributed by atoms with Crippen LogP contribution in [0, 0.1) is 19.8 Å². The molecule has 4 aromatic rings. The molecular weight excluding hydrogens is 522 g/mol.